The van der Waals surface area contributed by atoms with Crippen LogP contribution in [0.25, 0.3) is 0 Å². The monoisotopic (exact) mass is 254 g/mol. The van der Waals surface area contributed by atoms with Crippen molar-refractivity contribution >= 4 is 22.4 Å². The molecule has 94 valence electrons. The molecule has 1 amide bonds. The van der Waals surface area contributed by atoms with E-state index < -0.39 is 0 Å². The molecule has 6 heteroatoms. The first-order valence-electron chi connectivity index (χ1n) is 5.85. The highest BCUT2D eigenvalue weighted by molar-refractivity contribution is 7.13. The van der Waals surface area contributed by atoms with Crippen LogP contribution in [0.5, 0.6) is 0 Å². The van der Waals surface area contributed by atoms with Crippen molar-refractivity contribution in [1.82, 2.24) is 9.88 Å². The van der Waals surface area contributed by atoms with Gasteiger partial charge in [0.15, 0.2) is 5.13 Å². The van der Waals surface area contributed by atoms with E-state index in [1.54, 1.807) is 11.3 Å². The quantitative estimate of drug-likeness (QED) is 0.847. The summed E-state index contributed by atoms with van der Waals surface area (Å²) in [4.78, 5) is 20.3. The Hall–Kier alpha value is -1.14. The van der Waals surface area contributed by atoms with E-state index in [9.17, 15) is 4.79 Å². The molecule has 17 heavy (non-hydrogen) atoms. The number of piperazine rings is 1. The Morgan fingerprint density at radius 1 is 1.53 bits per heavy atom. The van der Waals surface area contributed by atoms with Gasteiger partial charge in [-0.05, 0) is 0 Å². The molecule has 1 fully saturated rings. The molecule has 2 N–H and O–H groups in total. The standard InChI is InChI=1S/C11H18N4OS/c1-9(8-12)10(16)14-3-5-15(6-4-14)11-13-2-7-17-11/h2,7,9H,3-6,8,12H2,1H3. The molecule has 1 aromatic rings. The molecule has 0 aromatic carbocycles. The number of carbonyl (C=O) groups excluding carboxylic acids is 1. The van der Waals surface area contributed by atoms with E-state index in [0.29, 0.717) is 6.54 Å². The van der Waals surface area contributed by atoms with Gasteiger partial charge in [0.1, 0.15) is 0 Å². The Balaban J connectivity index is 1.88. The minimum Gasteiger partial charge on any atom is -0.345 e. The zero-order valence-electron chi connectivity index (χ0n) is 10.0. The van der Waals surface area contributed by atoms with Crippen LogP contribution >= 0.6 is 11.3 Å². The van der Waals surface area contributed by atoms with Crippen molar-refractivity contribution < 1.29 is 4.79 Å². The van der Waals surface area contributed by atoms with Crippen molar-refractivity contribution in [3.8, 4) is 0 Å². The maximum absolute atomic E-state index is 11.9. The average molecular weight is 254 g/mol. The first-order valence-corrected chi connectivity index (χ1v) is 6.73. The van der Waals surface area contributed by atoms with Crippen LogP contribution in [0.15, 0.2) is 11.6 Å². The number of anilines is 1. The number of amides is 1. The Morgan fingerprint density at radius 3 is 2.76 bits per heavy atom. The van der Waals surface area contributed by atoms with Crippen molar-refractivity contribution in [2.24, 2.45) is 11.7 Å². The fourth-order valence-corrected chi connectivity index (χ4v) is 2.60. The maximum atomic E-state index is 11.9. The van der Waals surface area contributed by atoms with Crippen LogP contribution in [-0.4, -0.2) is 48.5 Å². The highest BCUT2D eigenvalue weighted by Crippen LogP contribution is 2.19. The lowest BCUT2D eigenvalue weighted by Crippen LogP contribution is -2.50. The largest absolute Gasteiger partial charge is 0.345 e. The molecule has 0 aliphatic carbocycles. The first-order chi connectivity index (χ1) is 8.22. The van der Waals surface area contributed by atoms with Crippen LogP contribution in [0.3, 0.4) is 0 Å². The molecule has 1 atom stereocenters. The summed E-state index contributed by atoms with van der Waals surface area (Å²) < 4.78 is 0. The van der Waals surface area contributed by atoms with Gasteiger partial charge in [0.25, 0.3) is 0 Å². The summed E-state index contributed by atoms with van der Waals surface area (Å²) in [5, 5.41) is 3.02. The predicted molar refractivity (Wildman–Crippen MR) is 69.1 cm³/mol. The van der Waals surface area contributed by atoms with Gasteiger partial charge in [-0.15, -0.1) is 11.3 Å². The molecule has 0 radical (unpaired) electrons. The maximum Gasteiger partial charge on any atom is 0.226 e. The fourth-order valence-electron chi connectivity index (χ4n) is 1.90. The predicted octanol–water partition coefficient (Wildman–Crippen LogP) is 0.387. The second-order valence-corrected chi connectivity index (χ2v) is 5.14. The summed E-state index contributed by atoms with van der Waals surface area (Å²) in [5.74, 6) is 0.104. The molecule has 1 aromatic heterocycles. The van der Waals surface area contributed by atoms with Crippen LogP contribution < -0.4 is 10.6 Å². The van der Waals surface area contributed by atoms with Crippen molar-refractivity contribution in [2.75, 3.05) is 37.6 Å². The molecule has 1 aliphatic rings. The van der Waals surface area contributed by atoms with Gasteiger partial charge >= 0.3 is 0 Å². The van der Waals surface area contributed by atoms with Gasteiger partial charge in [-0.2, -0.15) is 0 Å². The number of hydrogen-bond acceptors (Lipinski definition) is 5. The normalized spacial score (nSPS) is 18.2. The summed E-state index contributed by atoms with van der Waals surface area (Å²) in [5.41, 5.74) is 5.52. The zero-order chi connectivity index (χ0) is 12.3. The summed E-state index contributed by atoms with van der Waals surface area (Å²) in [7, 11) is 0. The smallest absolute Gasteiger partial charge is 0.226 e. The van der Waals surface area contributed by atoms with Crippen LogP contribution in [0, 0.1) is 5.92 Å². The lowest BCUT2D eigenvalue weighted by atomic mass is 10.1. The van der Waals surface area contributed by atoms with Gasteiger partial charge in [0.05, 0.1) is 0 Å². The Labute approximate surface area is 105 Å². The van der Waals surface area contributed by atoms with Crippen molar-refractivity contribution in [3.63, 3.8) is 0 Å². The molecule has 2 heterocycles. The van der Waals surface area contributed by atoms with Gasteiger partial charge in [-0.1, -0.05) is 6.92 Å². The van der Waals surface area contributed by atoms with Gasteiger partial charge < -0.3 is 15.5 Å². The minimum atomic E-state index is -0.0681. The summed E-state index contributed by atoms with van der Waals surface area (Å²) in [6.45, 7) is 5.56. The van der Waals surface area contributed by atoms with Crippen molar-refractivity contribution in [1.29, 1.82) is 0 Å². The van der Waals surface area contributed by atoms with E-state index in [1.807, 2.05) is 23.4 Å². The minimum absolute atomic E-state index is 0.0681. The molecule has 0 spiro atoms. The van der Waals surface area contributed by atoms with Gasteiger partial charge in [0.2, 0.25) is 5.91 Å². The molecule has 2 rings (SSSR count). The second kappa shape index (κ2) is 5.46. The highest BCUT2D eigenvalue weighted by Gasteiger charge is 2.24. The molecule has 1 unspecified atom stereocenters. The molecular formula is C11H18N4OS. The number of nitrogens with zero attached hydrogens (tertiary/aromatic N) is 3. The summed E-state index contributed by atoms with van der Waals surface area (Å²) in [6.07, 6.45) is 1.81. The third-order valence-electron chi connectivity index (χ3n) is 3.06. The third kappa shape index (κ3) is 2.76. The fraction of sp³-hybridized carbons (Fsp3) is 0.636. The molecule has 1 saturated heterocycles. The number of thiazole rings is 1. The molecule has 0 bridgehead atoms. The van der Waals surface area contributed by atoms with E-state index in [0.717, 1.165) is 31.3 Å². The third-order valence-corrected chi connectivity index (χ3v) is 3.89. The molecule has 1 aliphatic heterocycles. The number of carbonyl (C=O) groups is 1. The Morgan fingerprint density at radius 2 is 2.24 bits per heavy atom. The second-order valence-electron chi connectivity index (χ2n) is 4.26. The molecule has 5 nitrogen and oxygen atoms in total. The van der Waals surface area contributed by atoms with E-state index in [2.05, 4.69) is 9.88 Å². The topological polar surface area (TPSA) is 62.5 Å². The lowest BCUT2D eigenvalue weighted by Gasteiger charge is -2.35. The molecule has 0 saturated carbocycles. The first kappa shape index (κ1) is 12.3. The number of aromatic nitrogens is 1. The van der Waals surface area contributed by atoms with Crippen LogP contribution in [0.1, 0.15) is 6.92 Å². The SMILES string of the molecule is CC(CN)C(=O)N1CCN(c2nccs2)CC1. The lowest BCUT2D eigenvalue weighted by molar-refractivity contribution is -0.134. The van der Waals surface area contributed by atoms with Crippen LogP contribution in [0.4, 0.5) is 5.13 Å². The van der Waals surface area contributed by atoms with Crippen molar-refractivity contribution in [3.05, 3.63) is 11.6 Å². The number of nitrogens with two attached hydrogens (primary N) is 1. The van der Waals surface area contributed by atoms with Gasteiger partial charge in [0, 0.05) is 50.2 Å². The van der Waals surface area contributed by atoms with E-state index in [4.69, 9.17) is 5.73 Å². The van der Waals surface area contributed by atoms with Gasteiger partial charge in [-0.3, -0.25) is 4.79 Å². The van der Waals surface area contributed by atoms with Crippen molar-refractivity contribution in [2.45, 2.75) is 6.92 Å². The number of hydrogen-bond donors (Lipinski definition) is 1. The van der Waals surface area contributed by atoms with Crippen LogP contribution in [0.2, 0.25) is 0 Å². The summed E-state index contributed by atoms with van der Waals surface area (Å²) in [6, 6.07) is 0. The van der Waals surface area contributed by atoms with Gasteiger partial charge in [-0.25, -0.2) is 4.98 Å². The van der Waals surface area contributed by atoms with E-state index in [1.165, 1.54) is 0 Å². The Kier molecular flexibility index (Phi) is 3.96. The Bertz CT molecular complexity index is 360. The molecular weight excluding hydrogens is 236 g/mol. The van der Waals surface area contributed by atoms with E-state index in [-0.39, 0.29) is 11.8 Å². The zero-order valence-corrected chi connectivity index (χ0v) is 10.8. The van der Waals surface area contributed by atoms with E-state index >= 15 is 0 Å². The highest BCUT2D eigenvalue weighted by atomic mass is 32.1. The van der Waals surface area contributed by atoms with Crippen LogP contribution in [-0.2, 0) is 4.79 Å². The summed E-state index contributed by atoms with van der Waals surface area (Å²) >= 11 is 1.64. The average Bonchev–Trinajstić information content (AvgIpc) is 2.91. The number of rotatable bonds is 3.